The van der Waals surface area contributed by atoms with Gasteiger partial charge in [-0.1, -0.05) is 47.6 Å². The maximum Gasteiger partial charge on any atom is 0.264 e. The van der Waals surface area contributed by atoms with Crippen molar-refractivity contribution in [3.63, 3.8) is 0 Å². The quantitative estimate of drug-likeness (QED) is 0.678. The third kappa shape index (κ3) is 4.37. The van der Waals surface area contributed by atoms with Crippen LogP contribution in [0.25, 0.3) is 11.4 Å². The Morgan fingerprint density at radius 2 is 1.96 bits per heavy atom. The van der Waals surface area contributed by atoms with Crippen LogP contribution in [-0.2, 0) is 11.3 Å². The first-order chi connectivity index (χ1) is 13.8. The van der Waals surface area contributed by atoms with E-state index in [2.05, 4.69) is 15.5 Å². The zero-order valence-electron chi connectivity index (χ0n) is 15.3. The number of rotatable bonds is 7. The van der Waals surface area contributed by atoms with E-state index >= 15 is 0 Å². The third-order valence-electron chi connectivity index (χ3n) is 4.50. The lowest BCUT2D eigenvalue weighted by Crippen LogP contribution is -2.32. The molecule has 1 unspecified atom stereocenters. The predicted octanol–water partition coefficient (Wildman–Crippen LogP) is 3.22. The zero-order chi connectivity index (χ0) is 19.2. The summed E-state index contributed by atoms with van der Waals surface area (Å²) in [4.78, 5) is 16.9. The zero-order valence-corrected chi connectivity index (χ0v) is 15.3. The van der Waals surface area contributed by atoms with Gasteiger partial charge < -0.3 is 19.3 Å². The number of ether oxygens (including phenoxy) is 2. The van der Waals surface area contributed by atoms with E-state index in [-0.39, 0.29) is 18.6 Å². The van der Waals surface area contributed by atoms with E-state index in [1.165, 1.54) is 0 Å². The van der Waals surface area contributed by atoms with Crippen molar-refractivity contribution in [3.05, 3.63) is 66.1 Å². The Morgan fingerprint density at radius 3 is 2.79 bits per heavy atom. The number of amides is 1. The lowest BCUT2D eigenvalue weighted by molar-refractivity contribution is 0.0853. The molecule has 1 amide bonds. The van der Waals surface area contributed by atoms with E-state index in [0.717, 1.165) is 25.0 Å². The molecule has 4 rings (SSSR count). The Morgan fingerprint density at radius 1 is 1.14 bits per heavy atom. The van der Waals surface area contributed by atoms with Crippen LogP contribution >= 0.6 is 0 Å². The van der Waals surface area contributed by atoms with Gasteiger partial charge in [-0.05, 0) is 25.0 Å². The summed E-state index contributed by atoms with van der Waals surface area (Å²) in [5.41, 5.74) is 1.33. The van der Waals surface area contributed by atoms with E-state index in [4.69, 9.17) is 14.0 Å². The summed E-state index contributed by atoms with van der Waals surface area (Å²) in [6.45, 7) is 1.34. The van der Waals surface area contributed by atoms with Crippen LogP contribution in [0, 0.1) is 0 Å². The minimum Gasteiger partial charge on any atom is -0.483 e. The molecule has 2 aromatic carbocycles. The average Bonchev–Trinajstić information content (AvgIpc) is 3.43. The first-order valence-electron chi connectivity index (χ1n) is 9.29. The van der Waals surface area contributed by atoms with Crippen LogP contribution in [0.2, 0.25) is 0 Å². The highest BCUT2D eigenvalue weighted by Gasteiger charge is 2.18. The second-order valence-electron chi connectivity index (χ2n) is 6.51. The Bertz CT molecular complexity index is 920. The van der Waals surface area contributed by atoms with Gasteiger partial charge in [0.05, 0.1) is 11.7 Å². The molecular formula is C21H21N3O4. The number of para-hydroxylation sites is 1. The molecule has 1 saturated heterocycles. The van der Waals surface area contributed by atoms with Crippen molar-refractivity contribution in [2.45, 2.75) is 25.6 Å². The van der Waals surface area contributed by atoms with Crippen molar-refractivity contribution in [1.82, 2.24) is 15.5 Å². The molecule has 1 aliphatic heterocycles. The van der Waals surface area contributed by atoms with Gasteiger partial charge in [0.2, 0.25) is 5.82 Å². The van der Waals surface area contributed by atoms with Gasteiger partial charge in [0.1, 0.15) is 5.75 Å². The number of nitrogens with zero attached hydrogens (tertiary/aromatic N) is 2. The molecule has 0 spiro atoms. The highest BCUT2D eigenvalue weighted by Crippen LogP contribution is 2.21. The fourth-order valence-corrected chi connectivity index (χ4v) is 3.04. The van der Waals surface area contributed by atoms with Crippen LogP contribution in [-0.4, -0.2) is 35.3 Å². The fourth-order valence-electron chi connectivity index (χ4n) is 3.04. The number of aromatic nitrogens is 2. The Balaban J connectivity index is 1.38. The van der Waals surface area contributed by atoms with Gasteiger partial charge >= 0.3 is 0 Å². The lowest BCUT2D eigenvalue weighted by Gasteiger charge is -2.13. The van der Waals surface area contributed by atoms with Gasteiger partial charge in [0, 0.05) is 18.7 Å². The standard InChI is InChI=1S/C21H21N3O4/c25-21(22-13-16-9-6-12-26-16)17-10-4-5-11-18(17)27-14-19-23-20(24-28-19)15-7-2-1-3-8-15/h1-5,7-8,10-11,16H,6,9,12-14H2,(H,22,25). The first kappa shape index (κ1) is 18.2. The second kappa shape index (κ2) is 8.67. The second-order valence-corrected chi connectivity index (χ2v) is 6.51. The van der Waals surface area contributed by atoms with Crippen LogP contribution in [0.15, 0.2) is 59.1 Å². The summed E-state index contributed by atoms with van der Waals surface area (Å²) in [6, 6.07) is 16.6. The van der Waals surface area contributed by atoms with Crippen molar-refractivity contribution >= 4 is 5.91 Å². The topological polar surface area (TPSA) is 86.5 Å². The van der Waals surface area contributed by atoms with Crippen molar-refractivity contribution in [2.24, 2.45) is 0 Å². The van der Waals surface area contributed by atoms with Gasteiger partial charge in [-0.2, -0.15) is 4.98 Å². The number of carbonyl (C=O) groups is 1. The highest BCUT2D eigenvalue weighted by molar-refractivity contribution is 5.96. The van der Waals surface area contributed by atoms with Crippen molar-refractivity contribution < 1.29 is 18.8 Å². The molecule has 2 heterocycles. The summed E-state index contributed by atoms with van der Waals surface area (Å²) >= 11 is 0. The first-order valence-corrected chi connectivity index (χ1v) is 9.29. The maximum absolute atomic E-state index is 12.5. The van der Waals surface area contributed by atoms with Gasteiger partial charge in [-0.25, -0.2) is 0 Å². The normalized spacial score (nSPS) is 16.1. The molecule has 0 bridgehead atoms. The summed E-state index contributed by atoms with van der Waals surface area (Å²) in [7, 11) is 0. The molecular weight excluding hydrogens is 358 g/mol. The number of hydrogen-bond acceptors (Lipinski definition) is 6. The molecule has 1 fully saturated rings. The van der Waals surface area contributed by atoms with Crippen LogP contribution in [0.3, 0.4) is 0 Å². The average molecular weight is 379 g/mol. The lowest BCUT2D eigenvalue weighted by atomic mass is 10.1. The van der Waals surface area contributed by atoms with Gasteiger partial charge in [0.15, 0.2) is 6.61 Å². The minimum absolute atomic E-state index is 0.0792. The smallest absolute Gasteiger partial charge is 0.264 e. The van der Waals surface area contributed by atoms with Crippen LogP contribution < -0.4 is 10.1 Å². The van der Waals surface area contributed by atoms with Crippen molar-refractivity contribution in [3.8, 4) is 17.1 Å². The Hall–Kier alpha value is -3.19. The summed E-state index contributed by atoms with van der Waals surface area (Å²) in [5, 5.41) is 6.88. The maximum atomic E-state index is 12.5. The predicted molar refractivity (Wildman–Crippen MR) is 102 cm³/mol. The molecule has 0 saturated carbocycles. The Kier molecular flexibility index (Phi) is 5.63. The van der Waals surface area contributed by atoms with Crippen LogP contribution in [0.4, 0.5) is 0 Å². The molecule has 0 radical (unpaired) electrons. The molecule has 1 aliphatic rings. The monoisotopic (exact) mass is 379 g/mol. The van der Waals surface area contributed by atoms with E-state index in [9.17, 15) is 4.79 Å². The molecule has 0 aliphatic carbocycles. The van der Waals surface area contributed by atoms with E-state index < -0.39 is 0 Å². The SMILES string of the molecule is O=C(NCC1CCCO1)c1ccccc1OCc1nc(-c2ccccc2)no1. The van der Waals surface area contributed by atoms with E-state index in [1.807, 2.05) is 36.4 Å². The van der Waals surface area contributed by atoms with Crippen LogP contribution in [0.1, 0.15) is 29.1 Å². The molecule has 144 valence electrons. The molecule has 1 N–H and O–H groups in total. The number of nitrogens with one attached hydrogen (secondary N) is 1. The van der Waals surface area contributed by atoms with Gasteiger partial charge in [0.25, 0.3) is 11.8 Å². The number of carbonyl (C=O) groups excluding carboxylic acids is 1. The van der Waals surface area contributed by atoms with E-state index in [0.29, 0.717) is 29.6 Å². The highest BCUT2D eigenvalue weighted by atomic mass is 16.5. The largest absolute Gasteiger partial charge is 0.483 e. The molecule has 28 heavy (non-hydrogen) atoms. The number of benzene rings is 2. The molecule has 3 aromatic rings. The fraction of sp³-hybridized carbons (Fsp3) is 0.286. The van der Waals surface area contributed by atoms with Gasteiger partial charge in [-0.15, -0.1) is 0 Å². The minimum atomic E-state index is -0.193. The summed E-state index contributed by atoms with van der Waals surface area (Å²) in [5.74, 6) is 1.11. The molecule has 1 aromatic heterocycles. The summed E-state index contributed by atoms with van der Waals surface area (Å²) in [6.07, 6.45) is 2.10. The Labute approximate surface area is 162 Å². The summed E-state index contributed by atoms with van der Waals surface area (Å²) < 4.78 is 16.6. The third-order valence-corrected chi connectivity index (χ3v) is 4.50. The van der Waals surface area contributed by atoms with Crippen molar-refractivity contribution in [1.29, 1.82) is 0 Å². The molecule has 7 heteroatoms. The number of hydrogen-bond donors (Lipinski definition) is 1. The molecule has 1 atom stereocenters. The molecule has 7 nitrogen and oxygen atoms in total. The van der Waals surface area contributed by atoms with Gasteiger partial charge in [-0.3, -0.25) is 4.79 Å². The van der Waals surface area contributed by atoms with E-state index in [1.54, 1.807) is 18.2 Å². The van der Waals surface area contributed by atoms with Crippen molar-refractivity contribution in [2.75, 3.05) is 13.2 Å². The van der Waals surface area contributed by atoms with Crippen LogP contribution in [0.5, 0.6) is 5.75 Å².